The highest BCUT2D eigenvalue weighted by Gasteiger charge is 2.06. The van der Waals surface area contributed by atoms with Crippen molar-refractivity contribution in [2.45, 2.75) is 26.8 Å². The molecule has 3 rings (SSSR count). The van der Waals surface area contributed by atoms with Crippen molar-refractivity contribution in [1.82, 2.24) is 20.6 Å². The number of hydrogen-bond donors (Lipinski definition) is 3. The van der Waals surface area contributed by atoms with Crippen LogP contribution in [0.5, 0.6) is 5.88 Å². The van der Waals surface area contributed by atoms with Crippen LogP contribution in [0.2, 0.25) is 0 Å². The number of hydrogen-bond acceptors (Lipinski definition) is 3. The Morgan fingerprint density at radius 3 is 2.93 bits per heavy atom. The zero-order chi connectivity index (χ0) is 19.1. The molecule has 27 heavy (non-hydrogen) atoms. The number of benzene rings is 1. The highest BCUT2D eigenvalue weighted by atomic mass is 16.5. The first kappa shape index (κ1) is 18.8. The molecule has 2 heterocycles. The minimum Gasteiger partial charge on any atom is -0.481 e. The Morgan fingerprint density at radius 2 is 2.11 bits per heavy atom. The number of nitrogens with zero attached hydrogens (tertiary/aromatic N) is 2. The number of aromatic nitrogens is 2. The van der Waals surface area contributed by atoms with E-state index >= 15 is 0 Å². The van der Waals surface area contributed by atoms with Crippen LogP contribution in [0, 0.1) is 6.92 Å². The van der Waals surface area contributed by atoms with Gasteiger partial charge in [-0.1, -0.05) is 18.2 Å². The van der Waals surface area contributed by atoms with Gasteiger partial charge in [-0.25, -0.2) is 9.98 Å². The maximum atomic E-state index is 5.29. The molecule has 142 valence electrons. The Kier molecular flexibility index (Phi) is 6.30. The molecular formula is C21H27N5O. The summed E-state index contributed by atoms with van der Waals surface area (Å²) in [6.07, 6.45) is 4.73. The third kappa shape index (κ3) is 4.78. The van der Waals surface area contributed by atoms with Gasteiger partial charge in [-0.15, -0.1) is 0 Å². The van der Waals surface area contributed by atoms with E-state index in [9.17, 15) is 0 Å². The van der Waals surface area contributed by atoms with Crippen molar-refractivity contribution >= 4 is 16.9 Å². The zero-order valence-electron chi connectivity index (χ0n) is 16.2. The summed E-state index contributed by atoms with van der Waals surface area (Å²) in [6.45, 7) is 6.29. The zero-order valence-corrected chi connectivity index (χ0v) is 16.2. The summed E-state index contributed by atoms with van der Waals surface area (Å²) in [5.74, 6) is 1.41. The fourth-order valence-corrected chi connectivity index (χ4v) is 3.06. The van der Waals surface area contributed by atoms with Crippen molar-refractivity contribution in [3.8, 4) is 5.88 Å². The van der Waals surface area contributed by atoms with E-state index < -0.39 is 0 Å². The maximum Gasteiger partial charge on any atom is 0.218 e. The molecule has 0 unspecified atom stereocenters. The molecule has 0 saturated heterocycles. The van der Waals surface area contributed by atoms with E-state index in [0.717, 1.165) is 31.0 Å². The quantitative estimate of drug-likeness (QED) is 0.444. The van der Waals surface area contributed by atoms with E-state index in [1.807, 2.05) is 12.1 Å². The predicted octanol–water partition coefficient (Wildman–Crippen LogP) is 3.18. The molecule has 1 aromatic carbocycles. The van der Waals surface area contributed by atoms with E-state index in [1.165, 1.54) is 22.0 Å². The number of pyridine rings is 1. The lowest BCUT2D eigenvalue weighted by atomic mass is 10.1. The normalized spacial score (nSPS) is 11.6. The second-order valence-electron chi connectivity index (χ2n) is 6.41. The van der Waals surface area contributed by atoms with Crippen molar-refractivity contribution in [2.24, 2.45) is 4.99 Å². The summed E-state index contributed by atoms with van der Waals surface area (Å²) in [7, 11) is 1.63. The second-order valence-corrected chi connectivity index (χ2v) is 6.41. The molecule has 3 N–H and O–H groups in total. The minimum atomic E-state index is 0.513. The van der Waals surface area contributed by atoms with Crippen molar-refractivity contribution in [2.75, 3.05) is 20.2 Å². The van der Waals surface area contributed by atoms with Gasteiger partial charge in [0, 0.05) is 41.9 Å². The number of rotatable bonds is 7. The van der Waals surface area contributed by atoms with Gasteiger partial charge >= 0.3 is 0 Å². The lowest BCUT2D eigenvalue weighted by Crippen LogP contribution is -2.38. The number of aliphatic imine (C=N–C) groups is 1. The number of nitrogens with one attached hydrogen (secondary N) is 3. The third-order valence-corrected chi connectivity index (χ3v) is 4.40. The summed E-state index contributed by atoms with van der Waals surface area (Å²) >= 11 is 0. The monoisotopic (exact) mass is 365 g/mol. The largest absolute Gasteiger partial charge is 0.481 e. The Labute approximate surface area is 160 Å². The number of aryl methyl sites for hydroxylation is 1. The second kappa shape index (κ2) is 9.07. The van der Waals surface area contributed by atoms with Crippen LogP contribution in [0.1, 0.15) is 23.6 Å². The predicted molar refractivity (Wildman–Crippen MR) is 110 cm³/mol. The van der Waals surface area contributed by atoms with Gasteiger partial charge < -0.3 is 20.4 Å². The molecule has 3 aromatic rings. The summed E-state index contributed by atoms with van der Waals surface area (Å²) in [6, 6.07) is 10.4. The van der Waals surface area contributed by atoms with Gasteiger partial charge in [-0.3, -0.25) is 0 Å². The molecule has 6 heteroatoms. The minimum absolute atomic E-state index is 0.513. The topological polar surface area (TPSA) is 74.3 Å². The number of ether oxygens (including phenoxy) is 1. The summed E-state index contributed by atoms with van der Waals surface area (Å²) in [5, 5.41) is 7.97. The smallest absolute Gasteiger partial charge is 0.218 e. The van der Waals surface area contributed by atoms with E-state index in [4.69, 9.17) is 4.74 Å². The number of aromatic amines is 1. The van der Waals surface area contributed by atoms with E-state index in [-0.39, 0.29) is 0 Å². The number of fused-ring (bicyclic) bond motifs is 1. The molecule has 0 amide bonds. The molecular weight excluding hydrogens is 338 g/mol. The van der Waals surface area contributed by atoms with Gasteiger partial charge in [0.1, 0.15) is 0 Å². The molecule has 0 aliphatic heterocycles. The van der Waals surface area contributed by atoms with Crippen LogP contribution in [0.3, 0.4) is 0 Å². The molecule has 0 atom stereocenters. The first-order chi connectivity index (χ1) is 13.2. The molecule has 0 radical (unpaired) electrons. The van der Waals surface area contributed by atoms with Crippen molar-refractivity contribution in [3.05, 3.63) is 59.4 Å². The van der Waals surface area contributed by atoms with Crippen LogP contribution in [-0.2, 0) is 13.0 Å². The van der Waals surface area contributed by atoms with Gasteiger partial charge in [0.15, 0.2) is 5.96 Å². The van der Waals surface area contributed by atoms with Gasteiger partial charge in [-0.05, 0) is 43.5 Å². The summed E-state index contributed by atoms with van der Waals surface area (Å²) < 4.78 is 5.29. The molecule has 0 spiro atoms. The number of H-pyrrole nitrogens is 1. The third-order valence-electron chi connectivity index (χ3n) is 4.40. The highest BCUT2D eigenvalue weighted by molar-refractivity contribution is 5.84. The Bertz CT molecular complexity index is 916. The Balaban J connectivity index is 1.62. The summed E-state index contributed by atoms with van der Waals surface area (Å²) in [5.41, 5.74) is 4.72. The molecule has 0 fully saturated rings. The molecule has 0 saturated carbocycles. The lowest BCUT2D eigenvalue weighted by molar-refractivity contribution is 0.392. The fourth-order valence-electron chi connectivity index (χ4n) is 3.06. The molecule has 2 aromatic heterocycles. The van der Waals surface area contributed by atoms with Gasteiger partial charge in [0.25, 0.3) is 0 Å². The SMILES string of the molecule is CCNC(=NCc1cccnc1OC)NCCc1c[nH]c2cc(C)ccc12. The maximum absolute atomic E-state index is 5.29. The number of methoxy groups -OCH3 is 1. The Hall–Kier alpha value is -3.02. The summed E-state index contributed by atoms with van der Waals surface area (Å²) in [4.78, 5) is 12.2. The van der Waals surface area contributed by atoms with Crippen LogP contribution >= 0.6 is 0 Å². The van der Waals surface area contributed by atoms with Gasteiger partial charge in [0.05, 0.1) is 13.7 Å². The van der Waals surface area contributed by atoms with Crippen LogP contribution in [0.15, 0.2) is 47.7 Å². The number of guanidine groups is 1. The standard InChI is InChI=1S/C21H27N5O/c1-4-22-21(26-14-17-6-5-10-23-20(17)27-3)24-11-9-16-13-25-19-12-15(2)7-8-18(16)19/h5-8,10,12-13,25H,4,9,11,14H2,1-3H3,(H2,22,24,26). The van der Waals surface area contributed by atoms with Crippen LogP contribution in [-0.4, -0.2) is 36.1 Å². The molecule has 6 nitrogen and oxygen atoms in total. The van der Waals surface area contributed by atoms with Crippen molar-refractivity contribution < 1.29 is 4.74 Å². The highest BCUT2D eigenvalue weighted by Crippen LogP contribution is 2.19. The fraction of sp³-hybridized carbons (Fsp3) is 0.333. The van der Waals surface area contributed by atoms with Gasteiger partial charge in [-0.2, -0.15) is 0 Å². The van der Waals surface area contributed by atoms with E-state index in [1.54, 1.807) is 13.3 Å². The Morgan fingerprint density at radius 1 is 1.22 bits per heavy atom. The first-order valence-electron chi connectivity index (χ1n) is 9.28. The van der Waals surface area contributed by atoms with E-state index in [0.29, 0.717) is 12.4 Å². The lowest BCUT2D eigenvalue weighted by Gasteiger charge is -2.11. The van der Waals surface area contributed by atoms with Crippen molar-refractivity contribution in [1.29, 1.82) is 0 Å². The van der Waals surface area contributed by atoms with Crippen molar-refractivity contribution in [3.63, 3.8) is 0 Å². The van der Waals surface area contributed by atoms with Crippen LogP contribution in [0.4, 0.5) is 0 Å². The first-order valence-corrected chi connectivity index (χ1v) is 9.28. The molecule has 0 bridgehead atoms. The average molecular weight is 365 g/mol. The van der Waals surface area contributed by atoms with Gasteiger partial charge in [0.2, 0.25) is 5.88 Å². The molecule has 0 aliphatic carbocycles. The van der Waals surface area contributed by atoms with Crippen LogP contribution in [0.25, 0.3) is 10.9 Å². The van der Waals surface area contributed by atoms with E-state index in [2.05, 4.69) is 63.8 Å². The van der Waals surface area contributed by atoms with Crippen LogP contribution < -0.4 is 15.4 Å². The average Bonchev–Trinajstić information content (AvgIpc) is 3.08. The molecule has 0 aliphatic rings.